The van der Waals surface area contributed by atoms with Gasteiger partial charge in [0, 0.05) is 13.1 Å². The average Bonchev–Trinajstić information content (AvgIpc) is 2.46. The monoisotopic (exact) mass is 330 g/mol. The maximum Gasteiger partial charge on any atom is 0.387 e. The first-order valence-electron chi connectivity index (χ1n) is 7.07. The van der Waals surface area contributed by atoms with Gasteiger partial charge in [-0.3, -0.25) is 14.5 Å². The first-order valence-corrected chi connectivity index (χ1v) is 7.07. The van der Waals surface area contributed by atoms with Gasteiger partial charge >= 0.3 is 12.6 Å². The van der Waals surface area contributed by atoms with E-state index < -0.39 is 12.6 Å². The van der Waals surface area contributed by atoms with E-state index in [0.717, 1.165) is 5.56 Å². The molecule has 0 saturated carbocycles. The molecule has 1 aromatic rings. The highest BCUT2D eigenvalue weighted by atomic mass is 19.3. The zero-order valence-electron chi connectivity index (χ0n) is 12.8. The summed E-state index contributed by atoms with van der Waals surface area (Å²) in [5.74, 6) is -1.01. The van der Waals surface area contributed by atoms with Crippen molar-refractivity contribution >= 4 is 11.9 Å². The molecule has 0 aliphatic carbocycles. The number of carbonyl (C=O) groups is 2. The van der Waals surface area contributed by atoms with Gasteiger partial charge in [-0.25, -0.2) is 0 Å². The molecule has 0 spiro atoms. The van der Waals surface area contributed by atoms with E-state index >= 15 is 0 Å². The fraction of sp³-hybridized carbons (Fsp3) is 0.467. The highest BCUT2D eigenvalue weighted by Crippen LogP contribution is 2.14. The molecular formula is C15H20F2N2O4. The summed E-state index contributed by atoms with van der Waals surface area (Å²) in [4.78, 5) is 23.7. The number of carboxylic acid groups (broad SMARTS) is 1. The van der Waals surface area contributed by atoms with Crippen molar-refractivity contribution in [2.24, 2.45) is 0 Å². The maximum absolute atomic E-state index is 12.0. The number of nitrogens with zero attached hydrogens (tertiary/aromatic N) is 1. The van der Waals surface area contributed by atoms with Gasteiger partial charge in [0.1, 0.15) is 5.75 Å². The number of ether oxygens (including phenoxy) is 1. The third-order valence-electron chi connectivity index (χ3n) is 3.01. The van der Waals surface area contributed by atoms with Crippen LogP contribution in [-0.4, -0.2) is 55.2 Å². The SMILES string of the molecule is CN(CCC(=O)O)CC(=O)NCCc1ccc(OC(F)F)cc1. The lowest BCUT2D eigenvalue weighted by Gasteiger charge is -2.15. The van der Waals surface area contributed by atoms with E-state index in [9.17, 15) is 18.4 Å². The summed E-state index contributed by atoms with van der Waals surface area (Å²) >= 11 is 0. The molecule has 23 heavy (non-hydrogen) atoms. The van der Waals surface area contributed by atoms with Gasteiger partial charge in [-0.2, -0.15) is 8.78 Å². The van der Waals surface area contributed by atoms with Crippen molar-refractivity contribution in [3.05, 3.63) is 29.8 Å². The minimum atomic E-state index is -2.85. The molecule has 0 fully saturated rings. The van der Waals surface area contributed by atoms with Crippen LogP contribution in [0, 0.1) is 0 Å². The van der Waals surface area contributed by atoms with Crippen LogP contribution in [0.1, 0.15) is 12.0 Å². The maximum atomic E-state index is 12.0. The Kier molecular flexibility index (Phi) is 7.96. The van der Waals surface area contributed by atoms with Crippen molar-refractivity contribution in [1.82, 2.24) is 10.2 Å². The van der Waals surface area contributed by atoms with Crippen LogP contribution in [0.4, 0.5) is 8.78 Å². The van der Waals surface area contributed by atoms with E-state index in [-0.39, 0.29) is 24.6 Å². The molecule has 0 aromatic heterocycles. The van der Waals surface area contributed by atoms with Gasteiger partial charge in [0.05, 0.1) is 13.0 Å². The number of nitrogens with one attached hydrogen (secondary N) is 1. The number of benzene rings is 1. The van der Waals surface area contributed by atoms with Crippen molar-refractivity contribution < 1.29 is 28.2 Å². The van der Waals surface area contributed by atoms with Crippen LogP contribution in [0.5, 0.6) is 5.75 Å². The third-order valence-corrected chi connectivity index (χ3v) is 3.01. The van der Waals surface area contributed by atoms with E-state index in [1.54, 1.807) is 24.1 Å². The molecule has 0 heterocycles. The average molecular weight is 330 g/mol. The second kappa shape index (κ2) is 9.73. The molecule has 0 aliphatic heterocycles. The van der Waals surface area contributed by atoms with Gasteiger partial charge in [-0.05, 0) is 31.2 Å². The summed E-state index contributed by atoms with van der Waals surface area (Å²) in [5.41, 5.74) is 0.881. The first kappa shape index (κ1) is 18.8. The number of aliphatic carboxylic acids is 1. The molecule has 128 valence electrons. The largest absolute Gasteiger partial charge is 0.481 e. The number of alkyl halides is 2. The van der Waals surface area contributed by atoms with Gasteiger partial charge in [-0.15, -0.1) is 0 Å². The van der Waals surface area contributed by atoms with Crippen LogP contribution in [-0.2, 0) is 16.0 Å². The Morgan fingerprint density at radius 1 is 1.30 bits per heavy atom. The number of amides is 1. The summed E-state index contributed by atoms with van der Waals surface area (Å²) in [5, 5.41) is 11.3. The van der Waals surface area contributed by atoms with Gasteiger partial charge in [0.2, 0.25) is 5.91 Å². The fourth-order valence-electron chi connectivity index (χ4n) is 1.85. The predicted molar refractivity (Wildman–Crippen MR) is 79.5 cm³/mol. The highest BCUT2D eigenvalue weighted by Gasteiger charge is 2.08. The molecule has 8 heteroatoms. The smallest absolute Gasteiger partial charge is 0.387 e. The lowest BCUT2D eigenvalue weighted by molar-refractivity contribution is -0.137. The van der Waals surface area contributed by atoms with E-state index in [1.165, 1.54) is 12.1 Å². The molecule has 0 radical (unpaired) electrons. The van der Waals surface area contributed by atoms with Crippen LogP contribution < -0.4 is 10.1 Å². The van der Waals surface area contributed by atoms with Crippen LogP contribution in [0.15, 0.2) is 24.3 Å². The Bertz CT molecular complexity index is 509. The molecule has 1 aromatic carbocycles. The van der Waals surface area contributed by atoms with Crippen molar-refractivity contribution in [3.8, 4) is 5.75 Å². The molecule has 0 bridgehead atoms. The minimum absolute atomic E-state index is 0.0170. The summed E-state index contributed by atoms with van der Waals surface area (Å²) in [7, 11) is 1.67. The number of rotatable bonds is 10. The minimum Gasteiger partial charge on any atom is -0.481 e. The zero-order valence-corrected chi connectivity index (χ0v) is 12.8. The van der Waals surface area contributed by atoms with Crippen LogP contribution >= 0.6 is 0 Å². The van der Waals surface area contributed by atoms with Crippen LogP contribution in [0.25, 0.3) is 0 Å². The number of carboxylic acids is 1. The van der Waals surface area contributed by atoms with Crippen molar-refractivity contribution in [2.75, 3.05) is 26.7 Å². The molecular weight excluding hydrogens is 310 g/mol. The molecule has 1 rings (SSSR count). The zero-order chi connectivity index (χ0) is 17.2. The van der Waals surface area contributed by atoms with E-state index in [1.807, 2.05) is 0 Å². The van der Waals surface area contributed by atoms with Gasteiger partial charge in [-0.1, -0.05) is 12.1 Å². The van der Waals surface area contributed by atoms with E-state index in [2.05, 4.69) is 10.1 Å². The van der Waals surface area contributed by atoms with E-state index in [4.69, 9.17) is 5.11 Å². The molecule has 0 atom stereocenters. The molecule has 1 amide bonds. The fourth-order valence-corrected chi connectivity index (χ4v) is 1.85. The van der Waals surface area contributed by atoms with Crippen molar-refractivity contribution in [1.29, 1.82) is 0 Å². The number of halogens is 2. The molecule has 0 aliphatic rings. The van der Waals surface area contributed by atoms with Gasteiger partial charge in [0.15, 0.2) is 0 Å². The van der Waals surface area contributed by atoms with E-state index in [0.29, 0.717) is 19.5 Å². The Hall–Kier alpha value is -2.22. The summed E-state index contributed by atoms with van der Waals surface area (Å²) in [6.45, 7) is -2.03. The lowest BCUT2D eigenvalue weighted by Crippen LogP contribution is -2.36. The van der Waals surface area contributed by atoms with Crippen LogP contribution in [0.2, 0.25) is 0 Å². The summed E-state index contributed by atoms with van der Waals surface area (Å²) in [6.07, 6.45) is 0.538. The Labute approximate surface area is 133 Å². The highest BCUT2D eigenvalue weighted by molar-refractivity contribution is 5.78. The number of hydrogen-bond acceptors (Lipinski definition) is 4. The Balaban J connectivity index is 2.25. The molecule has 6 nitrogen and oxygen atoms in total. The Morgan fingerprint density at radius 3 is 2.52 bits per heavy atom. The first-order chi connectivity index (χ1) is 10.9. The number of hydrogen-bond donors (Lipinski definition) is 2. The lowest BCUT2D eigenvalue weighted by atomic mass is 10.1. The number of likely N-dealkylation sites (N-methyl/N-ethyl adjacent to an activating group) is 1. The van der Waals surface area contributed by atoms with Crippen LogP contribution in [0.3, 0.4) is 0 Å². The third kappa shape index (κ3) is 8.72. The van der Waals surface area contributed by atoms with Gasteiger partial charge < -0.3 is 15.2 Å². The number of carbonyl (C=O) groups excluding carboxylic acids is 1. The Morgan fingerprint density at radius 2 is 1.96 bits per heavy atom. The molecule has 0 saturated heterocycles. The van der Waals surface area contributed by atoms with Crippen molar-refractivity contribution in [3.63, 3.8) is 0 Å². The second-order valence-corrected chi connectivity index (χ2v) is 5.00. The van der Waals surface area contributed by atoms with Gasteiger partial charge in [0.25, 0.3) is 0 Å². The second-order valence-electron chi connectivity index (χ2n) is 5.00. The summed E-state index contributed by atoms with van der Waals surface area (Å²) in [6, 6.07) is 6.21. The predicted octanol–water partition coefficient (Wildman–Crippen LogP) is 1.35. The van der Waals surface area contributed by atoms with Crippen molar-refractivity contribution in [2.45, 2.75) is 19.5 Å². The molecule has 2 N–H and O–H groups in total. The molecule has 0 unspecified atom stereocenters. The topological polar surface area (TPSA) is 78.9 Å². The summed E-state index contributed by atoms with van der Waals surface area (Å²) < 4.78 is 28.3. The quantitative estimate of drug-likeness (QED) is 0.677. The standard InChI is InChI=1S/C15H20F2N2O4/c1-19(9-7-14(21)22)10-13(20)18-8-6-11-2-4-12(5-3-11)23-15(16)17/h2-5,15H,6-10H2,1H3,(H,18,20)(H,21,22). The normalized spacial score (nSPS) is 10.8.